The molecule has 0 spiro atoms. The van der Waals surface area contributed by atoms with Crippen molar-refractivity contribution in [3.05, 3.63) is 5.82 Å². The molecule has 2 heterocycles. The van der Waals surface area contributed by atoms with Crippen molar-refractivity contribution in [2.75, 3.05) is 6.54 Å². The van der Waals surface area contributed by atoms with Gasteiger partial charge < -0.3 is 15.8 Å². The van der Waals surface area contributed by atoms with Crippen molar-refractivity contribution in [1.29, 1.82) is 0 Å². The lowest BCUT2D eigenvalue weighted by atomic mass is 9.96. The van der Waals surface area contributed by atoms with Gasteiger partial charge in [0, 0.05) is 6.54 Å². The first kappa shape index (κ1) is 16.1. The van der Waals surface area contributed by atoms with Gasteiger partial charge in [0.15, 0.2) is 5.82 Å². The number of carbonyl (C=O) groups is 1. The van der Waals surface area contributed by atoms with Crippen LogP contribution in [0.25, 0.3) is 0 Å². The lowest BCUT2D eigenvalue weighted by Crippen LogP contribution is -2.48. The number of amides is 1. The Labute approximate surface area is 129 Å². The van der Waals surface area contributed by atoms with E-state index in [-0.39, 0.29) is 24.4 Å². The molecule has 1 aliphatic carbocycles. The molecule has 2 atom stereocenters. The van der Waals surface area contributed by atoms with E-state index in [9.17, 15) is 4.79 Å². The Morgan fingerprint density at radius 1 is 1.43 bits per heavy atom. The van der Waals surface area contributed by atoms with Crippen LogP contribution in [0, 0.1) is 0 Å². The zero-order chi connectivity index (χ0) is 14.0. The molecule has 1 amide bonds. The van der Waals surface area contributed by atoms with Crippen LogP contribution in [0.4, 0.5) is 0 Å². The maximum atomic E-state index is 12.4. The van der Waals surface area contributed by atoms with Crippen LogP contribution in [0.1, 0.15) is 44.3 Å². The van der Waals surface area contributed by atoms with Crippen molar-refractivity contribution >= 4 is 18.3 Å². The highest BCUT2D eigenvalue weighted by atomic mass is 35.5. The summed E-state index contributed by atoms with van der Waals surface area (Å²) in [7, 11) is 0. The van der Waals surface area contributed by atoms with E-state index >= 15 is 0 Å². The summed E-state index contributed by atoms with van der Waals surface area (Å²) in [5.41, 5.74) is 5.08. The molecule has 9 heteroatoms. The Morgan fingerprint density at radius 2 is 2.19 bits per heavy atom. The van der Waals surface area contributed by atoms with Gasteiger partial charge in [0.05, 0.1) is 6.10 Å². The number of ether oxygens (including phenoxy) is 1. The first-order valence-corrected chi connectivity index (χ1v) is 7.15. The van der Waals surface area contributed by atoms with Crippen molar-refractivity contribution in [1.82, 2.24) is 25.9 Å². The molecule has 0 aromatic carbocycles. The second kappa shape index (κ2) is 6.67. The lowest BCUT2D eigenvalue weighted by molar-refractivity contribution is -0.134. The summed E-state index contributed by atoms with van der Waals surface area (Å²) in [6, 6.07) is 0. The van der Waals surface area contributed by atoms with Crippen molar-refractivity contribution in [2.24, 2.45) is 5.73 Å². The number of halogens is 1. The number of rotatable bonds is 4. The number of carbonyl (C=O) groups excluding carboxylic acids is 1. The SMILES string of the molecule is Cl.NC[C@H]1CC[C@@H](C(=O)NC2(c3nn[nH]n3)CCCC2)O1. The van der Waals surface area contributed by atoms with Gasteiger partial charge in [-0.2, -0.15) is 5.21 Å². The lowest BCUT2D eigenvalue weighted by Gasteiger charge is -2.28. The van der Waals surface area contributed by atoms with Crippen molar-refractivity contribution in [3.8, 4) is 0 Å². The van der Waals surface area contributed by atoms with Gasteiger partial charge in [0.2, 0.25) is 5.91 Å². The summed E-state index contributed by atoms with van der Waals surface area (Å²) >= 11 is 0. The number of nitrogens with one attached hydrogen (secondary N) is 2. The van der Waals surface area contributed by atoms with Crippen LogP contribution in [0.5, 0.6) is 0 Å². The van der Waals surface area contributed by atoms with Gasteiger partial charge in [-0.05, 0) is 25.7 Å². The number of hydrogen-bond acceptors (Lipinski definition) is 6. The molecule has 2 fully saturated rings. The minimum atomic E-state index is -0.492. The first-order valence-electron chi connectivity index (χ1n) is 7.15. The third-order valence-electron chi connectivity index (χ3n) is 4.26. The van der Waals surface area contributed by atoms with Gasteiger partial charge in [0.1, 0.15) is 11.6 Å². The highest BCUT2D eigenvalue weighted by molar-refractivity contribution is 5.85. The molecule has 0 radical (unpaired) electrons. The molecule has 1 aliphatic heterocycles. The quantitative estimate of drug-likeness (QED) is 0.720. The van der Waals surface area contributed by atoms with Crippen LogP contribution >= 0.6 is 12.4 Å². The fraction of sp³-hybridized carbons (Fsp3) is 0.833. The van der Waals surface area contributed by atoms with Crippen LogP contribution in [0.2, 0.25) is 0 Å². The summed E-state index contributed by atoms with van der Waals surface area (Å²) in [4.78, 5) is 12.4. The molecular formula is C12H21ClN6O2. The van der Waals surface area contributed by atoms with Crippen LogP contribution < -0.4 is 11.1 Å². The minimum Gasteiger partial charge on any atom is -0.364 e. The van der Waals surface area contributed by atoms with Gasteiger partial charge in [-0.15, -0.1) is 22.6 Å². The summed E-state index contributed by atoms with van der Waals surface area (Å²) < 4.78 is 5.64. The number of H-pyrrole nitrogens is 1. The largest absolute Gasteiger partial charge is 0.364 e. The fourth-order valence-electron chi connectivity index (χ4n) is 3.14. The second-order valence-corrected chi connectivity index (χ2v) is 5.57. The van der Waals surface area contributed by atoms with E-state index in [0.717, 1.165) is 38.5 Å². The van der Waals surface area contributed by atoms with Gasteiger partial charge in [-0.3, -0.25) is 4.79 Å². The maximum absolute atomic E-state index is 12.4. The molecular weight excluding hydrogens is 296 g/mol. The van der Waals surface area contributed by atoms with E-state index in [1.165, 1.54) is 0 Å². The summed E-state index contributed by atoms with van der Waals surface area (Å²) in [5, 5.41) is 17.3. The Kier molecular flexibility index (Phi) is 5.13. The van der Waals surface area contributed by atoms with Crippen molar-refractivity contribution < 1.29 is 9.53 Å². The van der Waals surface area contributed by atoms with E-state index in [0.29, 0.717) is 12.4 Å². The highest BCUT2D eigenvalue weighted by Crippen LogP contribution is 2.37. The van der Waals surface area contributed by atoms with E-state index in [4.69, 9.17) is 10.5 Å². The number of nitrogens with zero attached hydrogens (tertiary/aromatic N) is 3. The van der Waals surface area contributed by atoms with Crippen LogP contribution in [0.3, 0.4) is 0 Å². The Hall–Kier alpha value is -1.25. The minimum absolute atomic E-state index is 0. The number of aromatic nitrogens is 4. The standard InChI is InChI=1S/C12H20N6O2.ClH/c13-7-8-3-4-9(20-8)10(19)14-12(5-1-2-6-12)11-15-17-18-16-11;/h8-9H,1-7,13H2,(H,14,19)(H,15,16,17,18);1H/t8-,9+;/m1./s1. The van der Waals surface area contributed by atoms with Gasteiger partial charge >= 0.3 is 0 Å². The van der Waals surface area contributed by atoms with Crippen LogP contribution in [-0.2, 0) is 15.1 Å². The van der Waals surface area contributed by atoms with E-state index in [2.05, 4.69) is 25.9 Å². The number of tetrazole rings is 1. The Morgan fingerprint density at radius 3 is 2.76 bits per heavy atom. The predicted octanol–water partition coefficient (Wildman–Crippen LogP) is 0.0133. The molecule has 118 valence electrons. The zero-order valence-corrected chi connectivity index (χ0v) is 12.6. The van der Waals surface area contributed by atoms with Gasteiger partial charge in [-0.25, -0.2) is 0 Å². The summed E-state index contributed by atoms with van der Waals surface area (Å²) in [6.07, 6.45) is 4.91. The van der Waals surface area contributed by atoms with Crippen molar-refractivity contribution in [2.45, 2.75) is 56.3 Å². The Bertz CT molecular complexity index is 462. The summed E-state index contributed by atoms with van der Waals surface area (Å²) in [6.45, 7) is 0.458. The average Bonchev–Trinajstić information content (AvgIpc) is 3.19. The molecule has 8 nitrogen and oxygen atoms in total. The molecule has 1 aromatic heterocycles. The molecule has 0 unspecified atom stereocenters. The third-order valence-corrected chi connectivity index (χ3v) is 4.26. The molecule has 21 heavy (non-hydrogen) atoms. The van der Waals surface area contributed by atoms with E-state index in [1.54, 1.807) is 0 Å². The maximum Gasteiger partial charge on any atom is 0.249 e. The zero-order valence-electron chi connectivity index (χ0n) is 11.7. The molecule has 3 rings (SSSR count). The molecule has 4 N–H and O–H groups in total. The van der Waals surface area contributed by atoms with Crippen LogP contribution in [0.15, 0.2) is 0 Å². The van der Waals surface area contributed by atoms with E-state index in [1.807, 2.05) is 0 Å². The predicted molar refractivity (Wildman–Crippen MR) is 76.7 cm³/mol. The number of aromatic amines is 1. The molecule has 1 saturated carbocycles. The summed E-state index contributed by atoms with van der Waals surface area (Å²) in [5.74, 6) is 0.476. The topological polar surface area (TPSA) is 119 Å². The van der Waals surface area contributed by atoms with Crippen LogP contribution in [-0.4, -0.2) is 45.3 Å². The normalized spacial score (nSPS) is 27.3. The highest BCUT2D eigenvalue weighted by Gasteiger charge is 2.43. The molecule has 0 bridgehead atoms. The Balaban J connectivity index is 0.00000161. The van der Waals surface area contributed by atoms with E-state index < -0.39 is 11.6 Å². The average molecular weight is 317 g/mol. The molecule has 2 aliphatic rings. The second-order valence-electron chi connectivity index (χ2n) is 5.57. The molecule has 1 aromatic rings. The monoisotopic (exact) mass is 316 g/mol. The smallest absolute Gasteiger partial charge is 0.249 e. The fourth-order valence-corrected chi connectivity index (χ4v) is 3.14. The number of hydrogen-bond donors (Lipinski definition) is 3. The van der Waals surface area contributed by atoms with Gasteiger partial charge in [-0.1, -0.05) is 18.1 Å². The number of nitrogens with two attached hydrogens (primary N) is 1. The van der Waals surface area contributed by atoms with Crippen molar-refractivity contribution in [3.63, 3.8) is 0 Å². The molecule has 1 saturated heterocycles. The first-order chi connectivity index (χ1) is 9.73. The van der Waals surface area contributed by atoms with Gasteiger partial charge in [0.25, 0.3) is 0 Å². The third kappa shape index (κ3) is 3.17.